The lowest BCUT2D eigenvalue weighted by atomic mass is 10.0. The normalized spacial score (nSPS) is 12.9. The van der Waals surface area contributed by atoms with E-state index in [-0.39, 0.29) is 6.17 Å². The molecule has 14 nitrogen and oxygen atoms in total. The zero-order chi connectivity index (χ0) is 83.0. The minimum atomic E-state index is 0.275. The summed E-state index contributed by atoms with van der Waals surface area (Å²) in [7, 11) is 12.4. The van der Waals surface area contributed by atoms with Gasteiger partial charge in [0.2, 0.25) is 11.8 Å². The standard InChI is InChI=1S/C22H19N2O.C22H20N2O.C21H17N2O.C21H16NO2.C21H16NOS/c1-14-8-9-17-18-12-15-6-4-5-7-16(15)13-19(18)25-21(17)20(14)22-23(2)10-11-24(22)3;1-14-8-9-18-19-12-16-6-4-5-7-17(16)13-20(19)25-22(18)21(14)24-11-10-23(3)15(24)2;1-14-6-5-10-23(14)21-20-17(9-11-22(21)2)18-12-15-7-3-4-8-16(15)13-19(18)24-20;1-13-7-8-16-17-11-14-5-3-4-6-15(14)12-18(17)24-20(16)19(13)21-22(2)9-10-23-21;1-13-7-8-16-17-11-14-5-3-4-6-15(14)12-18(17)23-20(16)19(13)21-22(2)9-10-24-21/h4-13H,1-3H3;4-13,15H,1-3H3;3-13H,1-2H3;2*3-12H,1-2H3/q+1;;3*+1/t;15-;;;/m.0.../s1. The molecular weight excluding hydrogens is 1530 g/mol. The Kier molecular flexibility index (Phi) is 18.1. The minimum Gasteiger partial charge on any atom is -0.455 e. The molecule has 24 aromatic rings. The molecule has 0 spiro atoms. The van der Waals surface area contributed by atoms with Crippen LogP contribution in [0, 0.1) is 34.6 Å². The van der Waals surface area contributed by atoms with Gasteiger partial charge in [0.15, 0.2) is 34.8 Å². The first-order chi connectivity index (χ1) is 59.4. The zero-order valence-electron chi connectivity index (χ0n) is 70.0. The quantitative estimate of drug-likeness (QED) is 0.157. The lowest BCUT2D eigenvalue weighted by molar-refractivity contribution is -0.664. The highest BCUT2D eigenvalue weighted by Crippen LogP contribution is 2.45. The van der Waals surface area contributed by atoms with Crippen molar-refractivity contribution >= 4 is 181 Å². The van der Waals surface area contributed by atoms with Gasteiger partial charge in [0.05, 0.1) is 44.6 Å². The number of thiazole rings is 1. The van der Waals surface area contributed by atoms with Gasteiger partial charge in [-0.1, -0.05) is 181 Å². The van der Waals surface area contributed by atoms with Crippen LogP contribution in [0.3, 0.4) is 0 Å². The molecule has 0 saturated carbocycles. The van der Waals surface area contributed by atoms with Crippen molar-refractivity contribution in [3.63, 3.8) is 0 Å². The van der Waals surface area contributed by atoms with Crippen LogP contribution < -0.4 is 23.2 Å². The van der Waals surface area contributed by atoms with E-state index < -0.39 is 0 Å². The van der Waals surface area contributed by atoms with Crippen LogP contribution in [-0.2, 0) is 35.2 Å². The number of aromatic nitrogens is 6. The summed E-state index contributed by atoms with van der Waals surface area (Å²) in [5.74, 6) is 3.00. The summed E-state index contributed by atoms with van der Waals surface area (Å²) in [6.45, 7) is 12.8. The molecule has 14 aromatic carbocycles. The van der Waals surface area contributed by atoms with Crippen LogP contribution in [0.1, 0.15) is 34.9 Å². The van der Waals surface area contributed by atoms with Crippen molar-refractivity contribution in [2.45, 2.75) is 47.7 Å². The number of anilines is 1. The van der Waals surface area contributed by atoms with Crippen LogP contribution in [0.15, 0.2) is 336 Å². The van der Waals surface area contributed by atoms with E-state index in [4.69, 9.17) is 26.5 Å². The van der Waals surface area contributed by atoms with Gasteiger partial charge in [0, 0.05) is 73.3 Å². The van der Waals surface area contributed by atoms with Crippen molar-refractivity contribution in [1.82, 2.24) is 14.0 Å². The first kappa shape index (κ1) is 74.7. The predicted octanol–water partition coefficient (Wildman–Crippen LogP) is 25.9. The topological polar surface area (TPSA) is 111 Å². The Morgan fingerprint density at radius 2 is 0.738 bits per heavy atom. The fourth-order valence-corrected chi connectivity index (χ4v) is 19.1. The summed E-state index contributed by atoms with van der Waals surface area (Å²) in [6, 6.07) is 87.6. The van der Waals surface area contributed by atoms with E-state index in [1.54, 1.807) is 17.6 Å². The third kappa shape index (κ3) is 12.6. The molecule has 0 aliphatic carbocycles. The van der Waals surface area contributed by atoms with Gasteiger partial charge in [-0.25, -0.2) is 18.3 Å². The summed E-state index contributed by atoms with van der Waals surface area (Å²) in [5.41, 5.74) is 19.9. The van der Waals surface area contributed by atoms with Gasteiger partial charge in [0.25, 0.3) is 10.8 Å². The minimum absolute atomic E-state index is 0.275. The highest BCUT2D eigenvalue weighted by Gasteiger charge is 2.30. The predicted molar refractivity (Wildman–Crippen MR) is 498 cm³/mol. The van der Waals surface area contributed by atoms with E-state index >= 15 is 0 Å². The van der Waals surface area contributed by atoms with Crippen molar-refractivity contribution in [3.8, 4) is 39.2 Å². The lowest BCUT2D eigenvalue weighted by Gasteiger charge is -2.28. The van der Waals surface area contributed by atoms with E-state index in [1.165, 1.54) is 119 Å². The monoisotopic (exact) mass is 1610 g/mol. The Hall–Kier alpha value is -14.8. The number of oxazole rings is 1. The van der Waals surface area contributed by atoms with Crippen LogP contribution in [0.2, 0.25) is 0 Å². The molecular formula is C107H88N8O6S+4. The molecule has 594 valence electrons. The Labute approximate surface area is 706 Å². The molecule has 0 unspecified atom stereocenters. The maximum atomic E-state index is 6.38. The Morgan fingerprint density at radius 1 is 0.336 bits per heavy atom. The third-order valence-electron chi connectivity index (χ3n) is 24.7. The largest absolute Gasteiger partial charge is 0.455 e. The molecule has 15 heteroatoms. The van der Waals surface area contributed by atoms with E-state index in [1.807, 2.05) is 17.8 Å². The third-order valence-corrected chi connectivity index (χ3v) is 25.7. The fraction of sp³-hybridized carbons (Fsp3) is 0.121. The second kappa shape index (κ2) is 29.6. The van der Waals surface area contributed by atoms with Crippen molar-refractivity contribution in [2.75, 3.05) is 11.9 Å². The van der Waals surface area contributed by atoms with Gasteiger partial charge < -0.3 is 36.3 Å². The van der Waals surface area contributed by atoms with Crippen LogP contribution >= 0.6 is 11.3 Å². The number of nitrogens with zero attached hydrogens (tertiary/aromatic N) is 8. The molecule has 122 heavy (non-hydrogen) atoms. The smallest absolute Gasteiger partial charge is 0.384 e. The molecule has 0 bridgehead atoms. The van der Waals surface area contributed by atoms with Crippen molar-refractivity contribution in [2.24, 2.45) is 35.2 Å². The van der Waals surface area contributed by atoms with E-state index in [9.17, 15) is 0 Å². The average Bonchev–Trinajstić information content (AvgIpc) is 1.60. The summed E-state index contributed by atoms with van der Waals surface area (Å²) >= 11 is 1.75. The number of hydrogen-bond acceptors (Lipinski definition) is 9. The Bertz CT molecular complexity index is 7890. The average molecular weight is 1610 g/mol. The lowest BCUT2D eigenvalue weighted by Crippen LogP contribution is -2.33. The van der Waals surface area contributed by atoms with Crippen molar-refractivity contribution in [1.29, 1.82) is 0 Å². The number of imidazole rings is 1. The number of hydrogen-bond donors (Lipinski definition) is 0. The molecule has 0 amide bonds. The molecule has 0 fully saturated rings. The summed E-state index contributed by atoms with van der Waals surface area (Å²) in [6.07, 6.45) is 18.5. The molecule has 0 N–H and O–H groups in total. The second-order valence-corrected chi connectivity index (χ2v) is 33.4. The van der Waals surface area contributed by atoms with Gasteiger partial charge in [0.1, 0.15) is 83.0 Å². The van der Waals surface area contributed by atoms with Crippen LogP contribution in [0.5, 0.6) is 0 Å². The molecule has 1 atom stereocenters. The number of benzene rings is 14. The number of fused-ring (bicyclic) bond motifs is 20. The van der Waals surface area contributed by atoms with Gasteiger partial charge in [-0.3, -0.25) is 0 Å². The summed E-state index contributed by atoms with van der Waals surface area (Å²) < 4.78 is 50.1. The Morgan fingerprint density at radius 3 is 1.14 bits per heavy atom. The molecule has 25 rings (SSSR count). The molecule has 0 radical (unpaired) electrons. The number of pyridine rings is 1. The van der Waals surface area contributed by atoms with Crippen LogP contribution in [0.4, 0.5) is 5.69 Å². The number of furan rings is 5. The van der Waals surface area contributed by atoms with E-state index in [2.05, 4.69) is 407 Å². The van der Waals surface area contributed by atoms with E-state index in [0.29, 0.717) is 0 Å². The number of aryl methyl sites for hydroxylation is 10. The maximum Gasteiger partial charge on any atom is 0.384 e. The van der Waals surface area contributed by atoms with E-state index in [0.717, 1.165) is 117 Å². The van der Waals surface area contributed by atoms with Crippen molar-refractivity contribution in [3.05, 3.63) is 338 Å². The molecule has 11 heterocycles. The maximum absolute atomic E-state index is 6.38. The molecule has 1 aliphatic rings. The highest BCUT2D eigenvalue weighted by molar-refractivity contribution is 7.12. The first-order valence-corrected chi connectivity index (χ1v) is 42.1. The van der Waals surface area contributed by atoms with Crippen LogP contribution in [0.25, 0.3) is 203 Å². The van der Waals surface area contributed by atoms with Gasteiger partial charge >= 0.3 is 11.7 Å². The van der Waals surface area contributed by atoms with Crippen molar-refractivity contribution < 1.29 is 44.8 Å². The number of rotatable bonds is 5. The molecule has 10 aromatic heterocycles. The fourth-order valence-electron chi connectivity index (χ4n) is 18.1. The van der Waals surface area contributed by atoms with Gasteiger partial charge in [-0.05, 0) is 197 Å². The van der Waals surface area contributed by atoms with Gasteiger partial charge in [-0.2, -0.15) is 9.13 Å². The second-order valence-electron chi connectivity index (χ2n) is 32.5. The SMILES string of the molecule is Cc1ccc2c(oc3cc4ccccc4cc32)c1-c1n(C)cc[n+]1C.Cc1ccc2c(oc3cc4ccccc4cc32)c1-c1occ[n+]1C.Cc1ccc2c(oc3cc4ccccc4cc32)c1-c1scc[n+]1C.Cc1ccc2c(oc3cc4ccccc4cc32)c1N1C=CN(C)[C@@H]1C.Cc1cccn1-c1c2oc3cc4ccccc4cc3c2cc[n+]1C. The zero-order valence-corrected chi connectivity index (χ0v) is 70.8. The van der Waals surface area contributed by atoms with Crippen LogP contribution in [-0.4, -0.2) is 27.2 Å². The summed E-state index contributed by atoms with van der Waals surface area (Å²) in [5, 5.41) is 27.2. The molecule has 0 saturated heterocycles. The Balaban J connectivity index is 0.0000000939. The molecule has 1 aliphatic heterocycles. The van der Waals surface area contributed by atoms with Gasteiger partial charge in [-0.15, -0.1) is 0 Å². The first-order valence-electron chi connectivity index (χ1n) is 41.3. The highest BCUT2D eigenvalue weighted by atomic mass is 32.1. The summed E-state index contributed by atoms with van der Waals surface area (Å²) in [4.78, 5) is 4.50.